The number of carbonyl (C=O) groups is 1. The van der Waals surface area contributed by atoms with E-state index in [9.17, 15) is 4.79 Å². The van der Waals surface area contributed by atoms with Crippen LogP contribution in [0.25, 0.3) is 0 Å². The van der Waals surface area contributed by atoms with Crippen LogP contribution in [0, 0.1) is 5.89 Å². The van der Waals surface area contributed by atoms with Crippen LogP contribution in [-0.2, 0) is 6.42 Å². The first kappa shape index (κ1) is 5.53. The first-order chi connectivity index (χ1) is 5.61. The maximum Gasteiger partial charge on any atom is 0.166 e. The van der Waals surface area contributed by atoms with Crippen LogP contribution in [0.15, 0.2) is 24.3 Å². The Morgan fingerprint density at radius 3 is 3.00 bits per heavy atom. The summed E-state index contributed by atoms with van der Waals surface area (Å²) in [5.41, 5.74) is 1.75. The number of fused-ring (bicyclic) bond motifs is 1. The molecule has 1 aromatic rings. The molecule has 0 spiro atoms. The Bertz CT molecular complexity index is 341. The third kappa shape index (κ3) is 0.881. The van der Waals surface area contributed by atoms with Crippen molar-refractivity contribution in [2.24, 2.45) is 5.89 Å². The van der Waals surface area contributed by atoms with Crippen molar-refractivity contribution in [3.63, 3.8) is 0 Å². The van der Waals surface area contributed by atoms with Gasteiger partial charge in [0.25, 0.3) is 0 Å². The third-order valence-electron chi connectivity index (χ3n) is 2.11. The second-order valence-corrected chi connectivity index (χ2v) is 2.94. The lowest BCUT2D eigenvalue weighted by Crippen LogP contribution is -2.02. The van der Waals surface area contributed by atoms with Gasteiger partial charge < -0.3 is 0 Å². The molecule has 11 heavy (non-hydrogen) atoms. The SMILES string of the molecule is [2H]C1([13CH3])Cc2ccccc2C1=O. The van der Waals surface area contributed by atoms with Crippen LogP contribution in [0.1, 0.15) is 24.2 Å². The van der Waals surface area contributed by atoms with Gasteiger partial charge in [-0.15, -0.1) is 0 Å². The molecule has 0 N–H and O–H groups in total. The third-order valence-corrected chi connectivity index (χ3v) is 2.11. The second-order valence-electron chi connectivity index (χ2n) is 2.94. The minimum absolute atomic E-state index is 0.0434. The van der Waals surface area contributed by atoms with Crippen LogP contribution >= 0.6 is 0 Å². The maximum atomic E-state index is 11.5. The van der Waals surface area contributed by atoms with Crippen molar-refractivity contribution in [2.75, 3.05) is 0 Å². The van der Waals surface area contributed by atoms with Crippen LogP contribution in [0.2, 0.25) is 0 Å². The molecular weight excluding hydrogens is 137 g/mol. The molecule has 0 saturated heterocycles. The Hall–Kier alpha value is -1.11. The zero-order valence-electron chi connectivity index (χ0n) is 7.42. The highest BCUT2D eigenvalue weighted by molar-refractivity contribution is 6.01. The van der Waals surface area contributed by atoms with E-state index in [4.69, 9.17) is 1.37 Å². The number of hydrogen-bond acceptors (Lipinski definition) is 1. The van der Waals surface area contributed by atoms with Gasteiger partial charge in [-0.05, 0) is 12.0 Å². The predicted octanol–water partition coefficient (Wildman–Crippen LogP) is 2.06. The van der Waals surface area contributed by atoms with E-state index in [1.54, 1.807) is 13.0 Å². The standard InChI is InChI=1S/C10H10O/c1-7-6-8-4-2-3-5-9(8)10(7)11/h2-5,7H,6H2,1H3/i1+1,7D. The Morgan fingerprint density at radius 2 is 2.27 bits per heavy atom. The monoisotopic (exact) mass is 148 g/mol. The number of rotatable bonds is 0. The van der Waals surface area contributed by atoms with Gasteiger partial charge in [-0.1, -0.05) is 31.2 Å². The van der Waals surface area contributed by atoms with Crippen molar-refractivity contribution < 1.29 is 6.17 Å². The number of hydrogen-bond donors (Lipinski definition) is 0. The minimum Gasteiger partial charge on any atom is -0.294 e. The van der Waals surface area contributed by atoms with E-state index in [1.807, 2.05) is 18.2 Å². The molecule has 0 amide bonds. The smallest absolute Gasteiger partial charge is 0.166 e. The van der Waals surface area contributed by atoms with Gasteiger partial charge in [0, 0.05) is 12.8 Å². The number of carbonyl (C=O) groups excluding carboxylic acids is 1. The fraction of sp³-hybridized carbons (Fsp3) is 0.300. The molecule has 1 aliphatic carbocycles. The van der Waals surface area contributed by atoms with Gasteiger partial charge in [-0.25, -0.2) is 0 Å². The van der Waals surface area contributed by atoms with Crippen molar-refractivity contribution >= 4 is 5.78 Å². The molecule has 56 valence electrons. The van der Waals surface area contributed by atoms with Crippen molar-refractivity contribution in [1.29, 1.82) is 0 Å². The highest BCUT2D eigenvalue weighted by atomic mass is 16.1. The van der Waals surface area contributed by atoms with Gasteiger partial charge in [0.1, 0.15) is 0 Å². The van der Waals surface area contributed by atoms with E-state index in [0.29, 0.717) is 6.42 Å². The van der Waals surface area contributed by atoms with Crippen molar-refractivity contribution in [3.05, 3.63) is 35.4 Å². The molecule has 0 heterocycles. The van der Waals surface area contributed by atoms with Gasteiger partial charge in [0.2, 0.25) is 0 Å². The summed E-state index contributed by atoms with van der Waals surface area (Å²) < 4.78 is 7.73. The van der Waals surface area contributed by atoms with Crippen molar-refractivity contribution in [2.45, 2.75) is 13.3 Å². The fourth-order valence-electron chi connectivity index (χ4n) is 1.49. The first-order valence-electron chi connectivity index (χ1n) is 4.24. The average molecular weight is 148 g/mol. The Morgan fingerprint density at radius 1 is 1.55 bits per heavy atom. The number of ketones is 1. The molecule has 1 heteroatoms. The molecule has 0 bridgehead atoms. The summed E-state index contributed by atoms with van der Waals surface area (Å²) in [6.07, 6.45) is 0.558. The summed E-state index contributed by atoms with van der Waals surface area (Å²) >= 11 is 0. The summed E-state index contributed by atoms with van der Waals surface area (Å²) in [6, 6.07) is 7.48. The molecular formula is C10H10O. The molecule has 1 aromatic carbocycles. The molecule has 1 nitrogen and oxygen atoms in total. The van der Waals surface area contributed by atoms with Gasteiger partial charge in [0.15, 0.2) is 5.78 Å². The largest absolute Gasteiger partial charge is 0.294 e. The zero-order chi connectivity index (χ0) is 8.77. The molecule has 1 atom stereocenters. The van der Waals surface area contributed by atoms with Gasteiger partial charge in [0.05, 0.1) is 0 Å². The van der Waals surface area contributed by atoms with E-state index in [2.05, 4.69) is 0 Å². The Balaban J connectivity index is 2.57. The van der Waals surface area contributed by atoms with E-state index in [1.165, 1.54) is 0 Å². The lowest BCUT2D eigenvalue weighted by molar-refractivity contribution is 0.0946. The Labute approximate surface area is 67.5 Å². The fourth-order valence-corrected chi connectivity index (χ4v) is 1.49. The predicted molar refractivity (Wildman–Crippen MR) is 43.6 cm³/mol. The van der Waals surface area contributed by atoms with Crippen LogP contribution < -0.4 is 0 Å². The number of Topliss-reactive ketones (excluding diaryl/α,β-unsaturated/α-hetero) is 1. The van der Waals surface area contributed by atoms with E-state index < -0.39 is 5.89 Å². The van der Waals surface area contributed by atoms with E-state index >= 15 is 0 Å². The summed E-state index contributed by atoms with van der Waals surface area (Å²) in [5, 5.41) is 0. The molecule has 1 aliphatic rings. The summed E-state index contributed by atoms with van der Waals surface area (Å²) in [7, 11) is 0. The molecule has 0 aliphatic heterocycles. The van der Waals surface area contributed by atoms with Crippen LogP contribution in [0.5, 0.6) is 0 Å². The molecule has 0 fully saturated rings. The van der Waals surface area contributed by atoms with Gasteiger partial charge in [-0.3, -0.25) is 4.79 Å². The topological polar surface area (TPSA) is 17.1 Å². The second kappa shape index (κ2) is 2.19. The zero-order valence-corrected chi connectivity index (χ0v) is 6.42. The highest BCUT2D eigenvalue weighted by Gasteiger charge is 2.25. The van der Waals surface area contributed by atoms with Crippen LogP contribution in [0.3, 0.4) is 0 Å². The average Bonchev–Trinajstić information content (AvgIpc) is 2.24. The molecule has 0 radical (unpaired) electrons. The highest BCUT2D eigenvalue weighted by Crippen LogP contribution is 2.25. The lowest BCUT2D eigenvalue weighted by Gasteiger charge is -1.93. The quantitative estimate of drug-likeness (QED) is 0.515. The minimum atomic E-state index is -0.927. The van der Waals surface area contributed by atoms with Crippen LogP contribution in [0.4, 0.5) is 0 Å². The molecule has 0 aromatic heterocycles. The van der Waals surface area contributed by atoms with Gasteiger partial charge >= 0.3 is 0 Å². The molecule has 1 unspecified atom stereocenters. The van der Waals surface area contributed by atoms with E-state index in [0.717, 1.165) is 11.1 Å². The molecule has 0 saturated carbocycles. The lowest BCUT2D eigenvalue weighted by atomic mass is 10.1. The van der Waals surface area contributed by atoms with Crippen molar-refractivity contribution in [3.8, 4) is 0 Å². The summed E-state index contributed by atoms with van der Waals surface area (Å²) in [5.74, 6) is -0.970. The number of benzene rings is 1. The molecule has 2 rings (SSSR count). The summed E-state index contributed by atoms with van der Waals surface area (Å²) in [4.78, 5) is 11.5. The summed E-state index contributed by atoms with van der Waals surface area (Å²) in [6.45, 7) is 1.68. The first-order valence-corrected chi connectivity index (χ1v) is 3.74. The van der Waals surface area contributed by atoms with E-state index in [-0.39, 0.29) is 5.78 Å². The maximum absolute atomic E-state index is 11.5. The van der Waals surface area contributed by atoms with Gasteiger partial charge in [-0.2, -0.15) is 0 Å². The van der Waals surface area contributed by atoms with Crippen molar-refractivity contribution in [1.82, 2.24) is 0 Å². The normalized spacial score (nSPS) is 29.9. The Kier molecular flexibility index (Phi) is 1.10. The van der Waals surface area contributed by atoms with Crippen LogP contribution in [-0.4, -0.2) is 5.78 Å².